The maximum absolute atomic E-state index is 14.0. The number of aromatic hydroxyl groups is 3. The van der Waals surface area contributed by atoms with E-state index < -0.39 is 17.1 Å². The molecule has 3 N–H and O–H groups in total. The molecule has 1 heterocycles. The van der Waals surface area contributed by atoms with Crippen LogP contribution in [0.1, 0.15) is 109 Å². The van der Waals surface area contributed by atoms with Gasteiger partial charge in [-0.3, -0.25) is 0 Å². The van der Waals surface area contributed by atoms with E-state index >= 15 is 0 Å². The lowest BCUT2D eigenvalue weighted by Crippen LogP contribution is -2.54. The van der Waals surface area contributed by atoms with Gasteiger partial charge in [-0.05, 0) is 88.6 Å². The van der Waals surface area contributed by atoms with Crippen LogP contribution in [0.25, 0.3) is 0 Å². The summed E-state index contributed by atoms with van der Waals surface area (Å²) in [6.45, 7) is 16.7. The summed E-state index contributed by atoms with van der Waals surface area (Å²) in [7, 11) is 0. The lowest BCUT2D eigenvalue weighted by molar-refractivity contribution is 0.458. The van der Waals surface area contributed by atoms with Crippen LogP contribution < -0.4 is 17.1 Å². The number of hydrogen-bond donors (Lipinski definition) is 3. The Morgan fingerprint density at radius 1 is 0.467 bits per heavy atom. The van der Waals surface area contributed by atoms with E-state index in [1.165, 1.54) is 0 Å². The van der Waals surface area contributed by atoms with Gasteiger partial charge in [0.15, 0.2) is 0 Å². The molecule has 0 aliphatic rings. The first kappa shape index (κ1) is 33.4. The predicted molar refractivity (Wildman–Crippen MR) is 177 cm³/mol. The van der Waals surface area contributed by atoms with Gasteiger partial charge in [0.2, 0.25) is 0 Å². The third-order valence-corrected chi connectivity index (χ3v) is 8.44. The third kappa shape index (κ3) is 6.62. The van der Waals surface area contributed by atoms with Gasteiger partial charge < -0.3 is 15.3 Å². The number of benzene rings is 3. The fraction of sp³-hybridized carbons (Fsp3) is 0.417. The molecule has 0 saturated heterocycles. The Bertz CT molecular complexity index is 1690. The number of aryl methyl sites for hydroxylation is 3. The van der Waals surface area contributed by atoms with Crippen LogP contribution in [-0.2, 0) is 19.6 Å². The van der Waals surface area contributed by atoms with Crippen molar-refractivity contribution in [2.45, 2.75) is 99.7 Å². The molecule has 0 bridgehead atoms. The number of aromatic nitrogens is 3. The minimum atomic E-state index is -0.750. The smallest absolute Gasteiger partial charge is 0.336 e. The molecule has 4 aromatic rings. The molecule has 0 aliphatic heterocycles. The zero-order valence-corrected chi connectivity index (χ0v) is 27.7. The molecule has 4 rings (SSSR count). The Labute approximate surface area is 263 Å². The van der Waals surface area contributed by atoms with E-state index in [9.17, 15) is 29.7 Å². The average molecular weight is 616 g/mol. The summed E-state index contributed by atoms with van der Waals surface area (Å²) in [5.41, 5.74) is 3.67. The summed E-state index contributed by atoms with van der Waals surface area (Å²) in [5.74, 6) is 0.549. The van der Waals surface area contributed by atoms with Crippen LogP contribution in [0.2, 0.25) is 0 Å². The van der Waals surface area contributed by atoms with E-state index in [-0.39, 0.29) is 54.6 Å². The molecular weight excluding hydrogens is 570 g/mol. The highest BCUT2D eigenvalue weighted by atomic mass is 16.3. The molecule has 0 amide bonds. The first-order valence-electron chi connectivity index (χ1n) is 15.4. The normalized spacial score (nSPS) is 11.7. The van der Waals surface area contributed by atoms with Crippen molar-refractivity contribution in [3.63, 3.8) is 0 Å². The molecule has 9 heteroatoms. The second kappa shape index (κ2) is 12.8. The Morgan fingerprint density at radius 3 is 0.889 bits per heavy atom. The van der Waals surface area contributed by atoms with Gasteiger partial charge in [0.05, 0.1) is 19.6 Å². The van der Waals surface area contributed by atoms with Crippen LogP contribution in [0, 0.1) is 20.8 Å². The Kier molecular flexibility index (Phi) is 9.51. The SMILES string of the molecule is Cc1cc(Cn2c(=O)n(Cc3cc(C)c(O)c(C(C)C)c3)c(=O)n(Cc3cc(C)c(O)c(C(C)C)c3)c2=O)cc(C(C)C)c1O. The predicted octanol–water partition coefficient (Wildman–Crippen LogP) is 5.73. The van der Waals surface area contributed by atoms with Gasteiger partial charge >= 0.3 is 17.1 Å². The van der Waals surface area contributed by atoms with Crippen LogP contribution in [-0.4, -0.2) is 29.0 Å². The number of hydrogen-bond acceptors (Lipinski definition) is 6. The van der Waals surface area contributed by atoms with Crippen molar-refractivity contribution in [2.24, 2.45) is 0 Å². The highest BCUT2D eigenvalue weighted by molar-refractivity contribution is 5.46. The van der Waals surface area contributed by atoms with Crippen LogP contribution in [0.4, 0.5) is 0 Å². The summed E-state index contributed by atoms with van der Waals surface area (Å²) in [4.78, 5) is 42.0. The van der Waals surface area contributed by atoms with E-state index in [1.807, 2.05) is 41.5 Å². The quantitative estimate of drug-likeness (QED) is 0.221. The number of rotatable bonds is 9. The summed E-state index contributed by atoms with van der Waals surface area (Å²) >= 11 is 0. The zero-order chi connectivity index (χ0) is 33.5. The van der Waals surface area contributed by atoms with Crippen molar-refractivity contribution < 1.29 is 15.3 Å². The molecule has 3 aromatic carbocycles. The lowest BCUT2D eigenvalue weighted by Gasteiger charge is -2.18. The van der Waals surface area contributed by atoms with Gasteiger partial charge in [-0.15, -0.1) is 0 Å². The van der Waals surface area contributed by atoms with Crippen LogP contribution in [0.3, 0.4) is 0 Å². The van der Waals surface area contributed by atoms with Crippen molar-refractivity contribution in [1.82, 2.24) is 13.7 Å². The first-order valence-corrected chi connectivity index (χ1v) is 15.4. The highest BCUT2D eigenvalue weighted by Gasteiger charge is 2.20. The summed E-state index contributed by atoms with van der Waals surface area (Å²) < 4.78 is 3.18. The van der Waals surface area contributed by atoms with E-state index in [4.69, 9.17) is 0 Å². The minimum absolute atomic E-state index is 0.00626. The maximum Gasteiger partial charge on any atom is 0.336 e. The maximum atomic E-state index is 14.0. The largest absolute Gasteiger partial charge is 0.507 e. The Morgan fingerprint density at radius 2 is 0.689 bits per heavy atom. The molecule has 9 nitrogen and oxygen atoms in total. The number of phenolic OH excluding ortho intramolecular Hbond substituents is 3. The fourth-order valence-corrected chi connectivity index (χ4v) is 5.88. The van der Waals surface area contributed by atoms with Crippen molar-refractivity contribution in [3.05, 3.63) is 118 Å². The van der Waals surface area contributed by atoms with E-state index in [1.54, 1.807) is 57.2 Å². The fourth-order valence-electron chi connectivity index (χ4n) is 5.88. The number of nitrogens with zero attached hydrogens (tertiary/aromatic N) is 3. The van der Waals surface area contributed by atoms with E-state index in [0.29, 0.717) is 50.1 Å². The molecule has 0 spiro atoms. The van der Waals surface area contributed by atoms with Gasteiger partial charge in [-0.2, -0.15) is 0 Å². The van der Waals surface area contributed by atoms with Crippen molar-refractivity contribution >= 4 is 0 Å². The minimum Gasteiger partial charge on any atom is -0.507 e. The average Bonchev–Trinajstić information content (AvgIpc) is 2.96. The molecule has 0 unspecified atom stereocenters. The lowest BCUT2D eigenvalue weighted by atomic mass is 9.96. The second-order valence-corrected chi connectivity index (χ2v) is 13.1. The first-order chi connectivity index (χ1) is 21.0. The van der Waals surface area contributed by atoms with Gasteiger partial charge in [0.1, 0.15) is 17.2 Å². The molecule has 0 fully saturated rings. The van der Waals surface area contributed by atoms with Gasteiger partial charge in [0.25, 0.3) is 0 Å². The van der Waals surface area contributed by atoms with Crippen molar-refractivity contribution in [1.29, 1.82) is 0 Å². The van der Waals surface area contributed by atoms with Gasteiger partial charge in [-0.25, -0.2) is 28.1 Å². The topological polar surface area (TPSA) is 127 Å². The zero-order valence-electron chi connectivity index (χ0n) is 27.7. The molecule has 0 saturated carbocycles. The molecule has 0 radical (unpaired) electrons. The van der Waals surface area contributed by atoms with E-state index in [0.717, 1.165) is 13.7 Å². The highest BCUT2D eigenvalue weighted by Crippen LogP contribution is 2.32. The summed E-state index contributed by atoms with van der Waals surface area (Å²) in [6, 6.07) is 10.6. The standard InChI is InChI=1S/C36H45N3O6/c1-19(2)28-13-25(10-22(7)31(28)40)16-37-34(43)38(17-26-11-23(8)32(41)29(14-26)20(3)4)36(45)39(35(37)44)18-27-12-24(9)33(42)30(15-27)21(5)6/h10-15,19-21,40-42H,16-18H2,1-9H3. The summed E-state index contributed by atoms with van der Waals surface area (Å²) in [5, 5.41) is 31.8. The van der Waals surface area contributed by atoms with Crippen LogP contribution >= 0.6 is 0 Å². The van der Waals surface area contributed by atoms with E-state index in [2.05, 4.69) is 0 Å². The Balaban J connectivity index is 1.96. The molecular formula is C36H45N3O6. The van der Waals surface area contributed by atoms with Gasteiger partial charge in [-0.1, -0.05) is 77.9 Å². The van der Waals surface area contributed by atoms with Crippen molar-refractivity contribution in [2.75, 3.05) is 0 Å². The molecule has 1 aromatic heterocycles. The molecule has 0 aliphatic carbocycles. The monoisotopic (exact) mass is 615 g/mol. The summed E-state index contributed by atoms with van der Waals surface area (Å²) in [6.07, 6.45) is 0. The molecule has 240 valence electrons. The van der Waals surface area contributed by atoms with Crippen LogP contribution in [0.15, 0.2) is 50.8 Å². The van der Waals surface area contributed by atoms with Gasteiger partial charge in [0, 0.05) is 0 Å². The van der Waals surface area contributed by atoms with Crippen molar-refractivity contribution in [3.8, 4) is 17.2 Å². The number of phenols is 3. The second-order valence-electron chi connectivity index (χ2n) is 13.1. The van der Waals surface area contributed by atoms with Crippen LogP contribution in [0.5, 0.6) is 17.2 Å². The third-order valence-electron chi connectivity index (χ3n) is 8.44. The Hall–Kier alpha value is -4.53. The molecule has 45 heavy (non-hydrogen) atoms. The molecule has 0 atom stereocenters.